The smallest absolute Gasteiger partial charge is 0.306 e. The zero-order chi connectivity index (χ0) is 27.2. The number of esters is 1. The summed E-state index contributed by atoms with van der Waals surface area (Å²) in [5.41, 5.74) is 0. The summed E-state index contributed by atoms with van der Waals surface area (Å²) in [6, 6.07) is 0. The van der Waals surface area contributed by atoms with Gasteiger partial charge < -0.3 is 9.84 Å². The van der Waals surface area contributed by atoms with E-state index in [0.717, 1.165) is 57.8 Å². The molecule has 0 aromatic heterocycles. The lowest BCUT2D eigenvalue weighted by atomic mass is 10.1. The summed E-state index contributed by atoms with van der Waals surface area (Å²) in [6.45, 7) is 4.43. The van der Waals surface area contributed by atoms with Crippen LogP contribution in [0, 0.1) is 0 Å². The van der Waals surface area contributed by atoms with Crippen molar-refractivity contribution >= 4 is 11.9 Å². The summed E-state index contributed by atoms with van der Waals surface area (Å²) in [4.78, 5) is 23.1. The number of hydrogen-bond donors (Lipinski definition) is 1. The normalized spacial score (nSPS) is 12.7. The van der Waals surface area contributed by atoms with Gasteiger partial charge in [0.1, 0.15) is 6.10 Å². The van der Waals surface area contributed by atoms with E-state index in [0.29, 0.717) is 12.8 Å². The molecule has 0 heterocycles. The highest BCUT2D eigenvalue weighted by molar-refractivity contribution is 5.69. The molecule has 0 rings (SSSR count). The number of allylic oxidation sites excluding steroid dienone is 5. The van der Waals surface area contributed by atoms with Crippen molar-refractivity contribution in [2.24, 2.45) is 0 Å². The molecule has 0 aromatic rings. The molecule has 0 amide bonds. The van der Waals surface area contributed by atoms with Crippen molar-refractivity contribution < 1.29 is 19.4 Å². The molecule has 4 nitrogen and oxygen atoms in total. The first kappa shape index (κ1) is 35.2. The van der Waals surface area contributed by atoms with Gasteiger partial charge in [0.2, 0.25) is 0 Å². The van der Waals surface area contributed by atoms with Crippen LogP contribution in [0.25, 0.3) is 0 Å². The fraction of sp³-hybridized carbons (Fsp3) is 0.758. The third-order valence-corrected chi connectivity index (χ3v) is 6.55. The maximum atomic E-state index is 12.4. The molecular weight excluding hydrogens is 460 g/mol. The molecule has 1 atom stereocenters. The number of hydrogen-bond acceptors (Lipinski definition) is 3. The molecule has 0 fully saturated rings. The van der Waals surface area contributed by atoms with E-state index in [1.165, 1.54) is 64.2 Å². The minimum atomic E-state index is -0.730. The van der Waals surface area contributed by atoms with Gasteiger partial charge in [-0.15, -0.1) is 0 Å². The highest BCUT2D eigenvalue weighted by Gasteiger charge is 2.11. The molecule has 1 unspecified atom stereocenters. The van der Waals surface area contributed by atoms with E-state index in [2.05, 4.69) is 44.2 Å². The zero-order valence-corrected chi connectivity index (χ0v) is 24.3. The third kappa shape index (κ3) is 28.6. The van der Waals surface area contributed by atoms with Gasteiger partial charge in [-0.2, -0.15) is 0 Å². The van der Waals surface area contributed by atoms with Gasteiger partial charge in [-0.05, 0) is 70.3 Å². The van der Waals surface area contributed by atoms with Crippen molar-refractivity contribution in [1.82, 2.24) is 0 Å². The Hall–Kier alpha value is -1.84. The van der Waals surface area contributed by atoms with Gasteiger partial charge in [0.25, 0.3) is 0 Å². The SMILES string of the molecule is CCC/C=C\C/C=C\C(CCCCCCC(=O)O)OC(=O)CCCCCCC/C=C\CCCCCCC. The minimum Gasteiger partial charge on any atom is -0.481 e. The Morgan fingerprint density at radius 2 is 1.19 bits per heavy atom. The highest BCUT2D eigenvalue weighted by Crippen LogP contribution is 2.14. The molecule has 1 N–H and O–H groups in total. The van der Waals surface area contributed by atoms with Crippen molar-refractivity contribution in [3.05, 3.63) is 36.5 Å². The predicted molar refractivity (Wildman–Crippen MR) is 158 cm³/mol. The minimum absolute atomic E-state index is 0.0936. The lowest BCUT2D eigenvalue weighted by Crippen LogP contribution is -2.16. The van der Waals surface area contributed by atoms with Crippen LogP contribution >= 0.6 is 0 Å². The van der Waals surface area contributed by atoms with Crippen LogP contribution in [0.15, 0.2) is 36.5 Å². The molecule has 4 heteroatoms. The van der Waals surface area contributed by atoms with Crippen LogP contribution in [-0.2, 0) is 14.3 Å². The Labute approximate surface area is 229 Å². The van der Waals surface area contributed by atoms with E-state index in [1.807, 2.05) is 6.08 Å². The Morgan fingerprint density at radius 1 is 0.622 bits per heavy atom. The molecular formula is C33H58O4. The molecule has 37 heavy (non-hydrogen) atoms. The second-order valence-electron chi connectivity index (χ2n) is 10.3. The Bertz CT molecular complexity index is 605. The summed E-state index contributed by atoms with van der Waals surface area (Å²) >= 11 is 0. The largest absolute Gasteiger partial charge is 0.481 e. The van der Waals surface area contributed by atoms with Gasteiger partial charge in [0, 0.05) is 12.8 Å². The van der Waals surface area contributed by atoms with Gasteiger partial charge >= 0.3 is 11.9 Å². The molecule has 0 aliphatic rings. The maximum Gasteiger partial charge on any atom is 0.306 e. The van der Waals surface area contributed by atoms with Crippen molar-refractivity contribution in [1.29, 1.82) is 0 Å². The lowest BCUT2D eigenvalue weighted by molar-refractivity contribution is -0.147. The van der Waals surface area contributed by atoms with Crippen molar-refractivity contribution in [3.63, 3.8) is 0 Å². The molecule has 0 radical (unpaired) electrons. The average Bonchev–Trinajstić information content (AvgIpc) is 2.87. The Morgan fingerprint density at radius 3 is 1.84 bits per heavy atom. The highest BCUT2D eigenvalue weighted by atomic mass is 16.5. The molecule has 0 saturated heterocycles. The van der Waals surface area contributed by atoms with Gasteiger partial charge in [-0.25, -0.2) is 0 Å². The number of carboxylic acid groups (broad SMARTS) is 1. The average molecular weight is 519 g/mol. The van der Waals surface area contributed by atoms with Gasteiger partial charge in [-0.3, -0.25) is 9.59 Å². The topological polar surface area (TPSA) is 63.6 Å². The molecule has 0 bridgehead atoms. The second-order valence-corrected chi connectivity index (χ2v) is 10.3. The first-order chi connectivity index (χ1) is 18.1. The number of rotatable bonds is 27. The lowest BCUT2D eigenvalue weighted by Gasteiger charge is -2.14. The van der Waals surface area contributed by atoms with E-state index in [1.54, 1.807) is 0 Å². The number of unbranched alkanes of at least 4 members (excludes halogenated alkanes) is 14. The van der Waals surface area contributed by atoms with Crippen LogP contribution in [0.1, 0.15) is 155 Å². The van der Waals surface area contributed by atoms with Gasteiger partial charge in [-0.1, -0.05) is 108 Å². The zero-order valence-electron chi connectivity index (χ0n) is 24.3. The molecule has 0 saturated carbocycles. The molecule has 0 aliphatic heterocycles. The molecule has 214 valence electrons. The van der Waals surface area contributed by atoms with Crippen LogP contribution in [-0.4, -0.2) is 23.1 Å². The first-order valence-electron chi connectivity index (χ1n) is 15.5. The number of carbonyl (C=O) groups is 2. The second kappa shape index (κ2) is 28.7. The van der Waals surface area contributed by atoms with E-state index in [-0.39, 0.29) is 18.5 Å². The number of carboxylic acids is 1. The summed E-state index contributed by atoms with van der Waals surface area (Å²) in [5.74, 6) is -0.824. The Kier molecular flexibility index (Phi) is 27.3. The monoisotopic (exact) mass is 518 g/mol. The van der Waals surface area contributed by atoms with Gasteiger partial charge in [0.15, 0.2) is 0 Å². The van der Waals surface area contributed by atoms with Crippen molar-refractivity contribution in [3.8, 4) is 0 Å². The van der Waals surface area contributed by atoms with Crippen molar-refractivity contribution in [2.75, 3.05) is 0 Å². The standard InChI is InChI=1S/C33H58O4/c1-3-5-7-9-11-12-13-14-15-16-17-18-20-26-30-33(36)37-31(27-23-19-10-8-6-4-2)28-24-21-22-25-29-32(34)35/h8,10,13-14,23,27,31H,3-7,9,11-12,15-22,24-26,28-30H2,1-2H3,(H,34,35)/b10-8-,14-13-,27-23-. The maximum absolute atomic E-state index is 12.4. The Balaban J connectivity index is 4.02. The van der Waals surface area contributed by atoms with Crippen LogP contribution < -0.4 is 0 Å². The van der Waals surface area contributed by atoms with Crippen LogP contribution in [0.3, 0.4) is 0 Å². The van der Waals surface area contributed by atoms with Crippen LogP contribution in [0.4, 0.5) is 0 Å². The van der Waals surface area contributed by atoms with E-state index >= 15 is 0 Å². The summed E-state index contributed by atoms with van der Waals surface area (Å²) in [7, 11) is 0. The quantitative estimate of drug-likeness (QED) is 0.0667. The predicted octanol–water partition coefficient (Wildman–Crippen LogP) is 10.3. The third-order valence-electron chi connectivity index (χ3n) is 6.55. The fourth-order valence-electron chi connectivity index (χ4n) is 4.25. The van der Waals surface area contributed by atoms with Gasteiger partial charge in [0.05, 0.1) is 0 Å². The molecule has 0 spiro atoms. The summed E-state index contributed by atoms with van der Waals surface area (Å²) in [5, 5.41) is 8.76. The first-order valence-corrected chi connectivity index (χ1v) is 15.5. The summed E-state index contributed by atoms with van der Waals surface area (Å²) < 4.78 is 5.78. The molecule has 0 aromatic carbocycles. The van der Waals surface area contributed by atoms with Crippen molar-refractivity contribution in [2.45, 2.75) is 161 Å². The van der Waals surface area contributed by atoms with E-state index in [4.69, 9.17) is 9.84 Å². The molecule has 0 aliphatic carbocycles. The number of aliphatic carboxylic acids is 1. The summed E-state index contributed by atoms with van der Waals surface area (Å²) in [6.07, 6.45) is 36.0. The van der Waals surface area contributed by atoms with Crippen LogP contribution in [0.2, 0.25) is 0 Å². The van der Waals surface area contributed by atoms with E-state index < -0.39 is 5.97 Å². The number of ether oxygens (including phenoxy) is 1. The van der Waals surface area contributed by atoms with E-state index in [9.17, 15) is 9.59 Å². The number of carbonyl (C=O) groups excluding carboxylic acids is 1. The van der Waals surface area contributed by atoms with Crippen LogP contribution in [0.5, 0.6) is 0 Å². The fourth-order valence-corrected chi connectivity index (χ4v) is 4.25.